The van der Waals surface area contributed by atoms with Gasteiger partial charge in [-0.15, -0.1) is 0 Å². The van der Waals surface area contributed by atoms with Crippen molar-refractivity contribution in [3.8, 4) is 5.75 Å². The summed E-state index contributed by atoms with van der Waals surface area (Å²) in [5.74, 6) is -1.00. The summed E-state index contributed by atoms with van der Waals surface area (Å²) in [5.41, 5.74) is 0.646. The number of fused-ring (bicyclic) bond motifs is 1. The molecule has 1 aromatic heterocycles. The Hall–Kier alpha value is -3.96. The van der Waals surface area contributed by atoms with E-state index in [-0.39, 0.29) is 39.6 Å². The molecule has 0 bridgehead atoms. The Labute approximate surface area is 195 Å². The average Bonchev–Trinajstić information content (AvgIpc) is 3.41. The lowest BCUT2D eigenvalue weighted by atomic mass is 10.1. The maximum atomic E-state index is 12.9. The van der Waals surface area contributed by atoms with Gasteiger partial charge in [-0.1, -0.05) is 0 Å². The van der Waals surface area contributed by atoms with Crippen molar-refractivity contribution in [1.29, 1.82) is 0 Å². The van der Waals surface area contributed by atoms with Crippen molar-refractivity contribution in [2.24, 2.45) is 0 Å². The molecule has 1 N–H and O–H groups in total. The number of rotatable bonds is 7. The second-order valence-corrected chi connectivity index (χ2v) is 9.76. The molecule has 176 valence electrons. The van der Waals surface area contributed by atoms with Crippen molar-refractivity contribution in [3.05, 3.63) is 77.2 Å². The molecule has 11 heteroatoms. The number of anilines is 1. The number of benzene rings is 2. The van der Waals surface area contributed by atoms with Crippen LogP contribution in [-0.4, -0.2) is 56.5 Å². The number of carbonyl (C=O) groups is 3. The quantitative estimate of drug-likeness (QED) is 0.512. The Morgan fingerprint density at radius 1 is 1.06 bits per heavy atom. The van der Waals surface area contributed by atoms with Crippen LogP contribution in [0.2, 0.25) is 0 Å². The summed E-state index contributed by atoms with van der Waals surface area (Å²) in [6.07, 6.45) is 1.45. The van der Waals surface area contributed by atoms with E-state index in [1.54, 1.807) is 12.1 Å². The Balaban J connectivity index is 1.59. The Bertz CT molecular complexity index is 1400. The van der Waals surface area contributed by atoms with Crippen molar-refractivity contribution in [1.82, 2.24) is 9.21 Å². The van der Waals surface area contributed by atoms with Crippen molar-refractivity contribution in [3.63, 3.8) is 0 Å². The molecule has 0 aliphatic carbocycles. The van der Waals surface area contributed by atoms with E-state index in [1.807, 2.05) is 0 Å². The van der Waals surface area contributed by atoms with Crippen LogP contribution in [-0.2, 0) is 16.6 Å². The highest BCUT2D eigenvalue weighted by Crippen LogP contribution is 2.30. The summed E-state index contributed by atoms with van der Waals surface area (Å²) in [5, 5.41) is 2.62. The molecule has 0 spiro atoms. The van der Waals surface area contributed by atoms with E-state index in [4.69, 9.17) is 9.15 Å². The van der Waals surface area contributed by atoms with Gasteiger partial charge in [-0.3, -0.25) is 19.3 Å². The van der Waals surface area contributed by atoms with E-state index in [1.165, 1.54) is 63.9 Å². The summed E-state index contributed by atoms with van der Waals surface area (Å²) in [4.78, 5) is 39.2. The molecule has 3 amide bonds. The Kier molecular flexibility index (Phi) is 5.98. The van der Waals surface area contributed by atoms with Gasteiger partial charge in [-0.25, -0.2) is 12.7 Å². The molecule has 1 aliphatic heterocycles. The van der Waals surface area contributed by atoms with Crippen LogP contribution in [0, 0.1) is 0 Å². The number of furan rings is 1. The van der Waals surface area contributed by atoms with Gasteiger partial charge < -0.3 is 14.5 Å². The van der Waals surface area contributed by atoms with E-state index in [0.717, 1.165) is 9.21 Å². The number of ether oxygens (including phenoxy) is 1. The minimum atomic E-state index is -3.83. The molecule has 2 heterocycles. The number of nitrogens with zero attached hydrogens (tertiary/aromatic N) is 2. The first kappa shape index (κ1) is 23.2. The fraction of sp³-hybridized carbons (Fsp3) is 0.174. The smallest absolute Gasteiger partial charge is 0.261 e. The Morgan fingerprint density at radius 3 is 2.44 bits per heavy atom. The number of nitrogens with one attached hydrogen (secondary N) is 1. The third-order valence-electron chi connectivity index (χ3n) is 5.31. The number of hydrogen-bond acceptors (Lipinski definition) is 7. The molecule has 0 unspecified atom stereocenters. The molecule has 10 nitrogen and oxygen atoms in total. The molecular weight excluding hydrogens is 462 g/mol. The van der Waals surface area contributed by atoms with Crippen LogP contribution >= 0.6 is 0 Å². The van der Waals surface area contributed by atoms with Gasteiger partial charge in [0.1, 0.15) is 16.4 Å². The molecule has 34 heavy (non-hydrogen) atoms. The highest BCUT2D eigenvalue weighted by atomic mass is 32.2. The number of hydrogen-bond donors (Lipinski definition) is 1. The zero-order valence-electron chi connectivity index (χ0n) is 18.6. The van der Waals surface area contributed by atoms with Crippen LogP contribution < -0.4 is 10.1 Å². The number of methoxy groups -OCH3 is 1. The first-order chi connectivity index (χ1) is 16.1. The van der Waals surface area contributed by atoms with Gasteiger partial charge >= 0.3 is 0 Å². The lowest BCUT2D eigenvalue weighted by molar-refractivity contribution is 0.0631. The molecule has 0 saturated carbocycles. The number of carbonyl (C=O) groups excluding carboxylic acids is 3. The van der Waals surface area contributed by atoms with Gasteiger partial charge in [0.25, 0.3) is 17.7 Å². The second kappa shape index (κ2) is 8.76. The summed E-state index contributed by atoms with van der Waals surface area (Å²) in [7, 11) is 0.291. The zero-order valence-corrected chi connectivity index (χ0v) is 19.4. The SMILES string of the molecule is COc1ccc(NC(=O)c2ccc3c(c2)C(=O)N(Cc2ccco2)C3=O)cc1S(=O)(=O)N(C)C. The van der Waals surface area contributed by atoms with Gasteiger partial charge in [0.15, 0.2) is 0 Å². The van der Waals surface area contributed by atoms with Gasteiger partial charge in [0, 0.05) is 25.3 Å². The molecule has 0 saturated heterocycles. The normalized spacial score (nSPS) is 13.4. The van der Waals surface area contributed by atoms with Gasteiger partial charge in [0.05, 0.1) is 31.0 Å². The minimum Gasteiger partial charge on any atom is -0.495 e. The maximum absolute atomic E-state index is 12.9. The van der Waals surface area contributed by atoms with Crippen molar-refractivity contribution < 1.29 is 32.0 Å². The zero-order chi connectivity index (χ0) is 24.6. The van der Waals surface area contributed by atoms with Crippen LogP contribution in [0.25, 0.3) is 0 Å². The third kappa shape index (κ3) is 4.06. The first-order valence-corrected chi connectivity index (χ1v) is 11.5. The summed E-state index contributed by atoms with van der Waals surface area (Å²) < 4.78 is 36.6. The molecule has 4 rings (SSSR count). The molecule has 0 radical (unpaired) electrons. The highest BCUT2D eigenvalue weighted by Gasteiger charge is 2.36. The van der Waals surface area contributed by atoms with Gasteiger partial charge in [-0.2, -0.15) is 0 Å². The third-order valence-corrected chi connectivity index (χ3v) is 7.14. The van der Waals surface area contributed by atoms with Crippen LogP contribution in [0.5, 0.6) is 5.75 Å². The van der Waals surface area contributed by atoms with Crippen LogP contribution in [0.1, 0.15) is 36.8 Å². The van der Waals surface area contributed by atoms with E-state index in [2.05, 4.69) is 5.32 Å². The lowest BCUT2D eigenvalue weighted by Gasteiger charge is -2.16. The van der Waals surface area contributed by atoms with E-state index in [0.29, 0.717) is 5.76 Å². The van der Waals surface area contributed by atoms with Crippen molar-refractivity contribution in [2.45, 2.75) is 11.4 Å². The number of imide groups is 1. The lowest BCUT2D eigenvalue weighted by Crippen LogP contribution is -2.28. The molecular formula is C23H21N3O7S. The standard InChI is InChI=1S/C23H21N3O7S/c1-25(2)34(30,31)20-12-15(7-9-19(20)32-3)24-21(27)14-6-8-17-18(11-14)23(29)26(22(17)28)13-16-5-4-10-33-16/h4-12H,13H2,1-3H3,(H,24,27). The van der Waals surface area contributed by atoms with E-state index in [9.17, 15) is 22.8 Å². The molecule has 0 fully saturated rings. The summed E-state index contributed by atoms with van der Waals surface area (Å²) in [6.45, 7) is -0.0180. The Morgan fingerprint density at radius 2 is 1.79 bits per heavy atom. The second-order valence-electron chi connectivity index (χ2n) is 7.64. The fourth-order valence-corrected chi connectivity index (χ4v) is 4.56. The van der Waals surface area contributed by atoms with Crippen molar-refractivity contribution in [2.75, 3.05) is 26.5 Å². The summed E-state index contributed by atoms with van der Waals surface area (Å²) >= 11 is 0. The van der Waals surface area contributed by atoms with Crippen LogP contribution in [0.3, 0.4) is 0 Å². The van der Waals surface area contributed by atoms with Crippen molar-refractivity contribution >= 4 is 33.4 Å². The predicted molar refractivity (Wildman–Crippen MR) is 121 cm³/mol. The monoisotopic (exact) mass is 483 g/mol. The van der Waals surface area contributed by atoms with E-state index < -0.39 is 27.7 Å². The number of sulfonamides is 1. The van der Waals surface area contributed by atoms with Gasteiger partial charge in [-0.05, 0) is 48.5 Å². The molecule has 2 aromatic carbocycles. The topological polar surface area (TPSA) is 126 Å². The molecule has 1 aliphatic rings. The average molecular weight is 484 g/mol. The van der Waals surface area contributed by atoms with Crippen LogP contribution in [0.15, 0.2) is 64.1 Å². The maximum Gasteiger partial charge on any atom is 0.261 e. The van der Waals surface area contributed by atoms with Gasteiger partial charge in [0.2, 0.25) is 10.0 Å². The fourth-order valence-electron chi connectivity index (χ4n) is 3.49. The number of amides is 3. The predicted octanol–water partition coefficient (Wildman–Crippen LogP) is 2.59. The largest absolute Gasteiger partial charge is 0.495 e. The van der Waals surface area contributed by atoms with E-state index >= 15 is 0 Å². The molecule has 3 aromatic rings. The minimum absolute atomic E-state index is 0.0180. The van der Waals surface area contributed by atoms with Crippen LogP contribution in [0.4, 0.5) is 5.69 Å². The first-order valence-electron chi connectivity index (χ1n) is 10.1. The highest BCUT2D eigenvalue weighted by molar-refractivity contribution is 7.89. The molecule has 0 atom stereocenters. The summed E-state index contributed by atoms with van der Waals surface area (Å²) in [6, 6.07) is 11.7.